The number of aromatic nitrogens is 1. The third-order valence-corrected chi connectivity index (χ3v) is 4.30. The van der Waals surface area contributed by atoms with E-state index in [-0.39, 0.29) is 12.0 Å². The number of fused-ring (bicyclic) bond motifs is 1. The van der Waals surface area contributed by atoms with Crippen molar-refractivity contribution in [1.82, 2.24) is 10.4 Å². The van der Waals surface area contributed by atoms with E-state index in [0.29, 0.717) is 12.3 Å². The molecule has 0 aliphatic carbocycles. The Bertz CT molecular complexity index is 626. The van der Waals surface area contributed by atoms with E-state index in [1.807, 2.05) is 31.2 Å². The van der Waals surface area contributed by atoms with Crippen molar-refractivity contribution in [3.63, 3.8) is 0 Å². The summed E-state index contributed by atoms with van der Waals surface area (Å²) in [5, 5.41) is 4.94. The van der Waals surface area contributed by atoms with Crippen molar-refractivity contribution in [3.8, 4) is 0 Å². The van der Waals surface area contributed by atoms with Crippen LogP contribution in [0.1, 0.15) is 24.8 Å². The molecule has 3 rings (SSSR count). The molecule has 6 heteroatoms. The topological polar surface area (TPSA) is 63.6 Å². The Morgan fingerprint density at radius 2 is 2.35 bits per heavy atom. The van der Waals surface area contributed by atoms with Crippen molar-refractivity contribution in [2.75, 3.05) is 6.61 Å². The summed E-state index contributed by atoms with van der Waals surface area (Å²) >= 11 is 1.56. The average molecular weight is 289 g/mol. The first-order chi connectivity index (χ1) is 9.74. The summed E-state index contributed by atoms with van der Waals surface area (Å²) in [4.78, 5) is 16.3. The van der Waals surface area contributed by atoms with E-state index in [0.717, 1.165) is 28.1 Å². The molecule has 0 saturated carbocycles. The molecule has 1 N–H and O–H groups in total. The second kappa shape index (κ2) is 5.68. The summed E-state index contributed by atoms with van der Waals surface area (Å²) in [7, 11) is 0. The Labute approximate surface area is 120 Å². The highest BCUT2D eigenvalue weighted by molar-refractivity contribution is 7.20. The van der Waals surface area contributed by atoms with Gasteiger partial charge in [0.1, 0.15) is 11.1 Å². The molecule has 0 bridgehead atoms. The second-order valence-corrected chi connectivity index (χ2v) is 5.69. The zero-order valence-corrected chi connectivity index (χ0v) is 11.9. The molecule has 20 heavy (non-hydrogen) atoms. The number of hydrogen-bond donors (Lipinski definition) is 1. The van der Waals surface area contributed by atoms with Crippen molar-refractivity contribution in [2.24, 2.45) is 5.10 Å². The number of rotatable bonds is 3. The molecule has 1 fully saturated rings. The van der Waals surface area contributed by atoms with Gasteiger partial charge in [-0.25, -0.2) is 10.4 Å². The quantitative estimate of drug-likeness (QED) is 0.696. The Morgan fingerprint density at radius 1 is 1.50 bits per heavy atom. The molecule has 1 aliphatic rings. The molecule has 1 atom stereocenters. The van der Waals surface area contributed by atoms with Crippen LogP contribution in [0.2, 0.25) is 0 Å². The van der Waals surface area contributed by atoms with E-state index in [4.69, 9.17) is 4.74 Å². The van der Waals surface area contributed by atoms with E-state index in [9.17, 15) is 4.79 Å². The van der Waals surface area contributed by atoms with Crippen LogP contribution in [0.5, 0.6) is 0 Å². The maximum Gasteiger partial charge on any atom is 0.269 e. The second-order valence-electron chi connectivity index (χ2n) is 4.66. The van der Waals surface area contributed by atoms with Crippen LogP contribution in [0.25, 0.3) is 10.2 Å². The molecule has 2 aromatic rings. The molecule has 2 heterocycles. The number of hydrogen-bond acceptors (Lipinski definition) is 5. The first-order valence-electron chi connectivity index (χ1n) is 6.56. The first-order valence-corrected chi connectivity index (χ1v) is 7.37. The molecule has 1 aromatic heterocycles. The van der Waals surface area contributed by atoms with Gasteiger partial charge in [0.2, 0.25) is 0 Å². The van der Waals surface area contributed by atoms with Gasteiger partial charge in [0.25, 0.3) is 5.91 Å². The van der Waals surface area contributed by atoms with E-state index >= 15 is 0 Å². The predicted octanol–water partition coefficient (Wildman–Crippen LogP) is 2.32. The van der Waals surface area contributed by atoms with Gasteiger partial charge in [-0.05, 0) is 31.9 Å². The summed E-state index contributed by atoms with van der Waals surface area (Å²) < 4.78 is 6.42. The van der Waals surface area contributed by atoms with Gasteiger partial charge in [0.05, 0.1) is 15.9 Å². The monoisotopic (exact) mass is 289 g/mol. The number of carbonyl (C=O) groups is 1. The predicted molar refractivity (Wildman–Crippen MR) is 78.9 cm³/mol. The molecule has 0 radical (unpaired) electrons. The molecular weight excluding hydrogens is 274 g/mol. The Hall–Kier alpha value is -1.79. The van der Waals surface area contributed by atoms with Crippen molar-refractivity contribution in [3.05, 3.63) is 29.3 Å². The highest BCUT2D eigenvalue weighted by atomic mass is 32.1. The van der Waals surface area contributed by atoms with Crippen LogP contribution < -0.4 is 5.43 Å². The van der Waals surface area contributed by atoms with Crippen molar-refractivity contribution in [1.29, 1.82) is 0 Å². The molecule has 1 saturated heterocycles. The fourth-order valence-electron chi connectivity index (χ4n) is 2.07. The normalized spacial score (nSPS) is 19.4. The SMILES string of the molecule is C/C(=N\NC(=O)C1CCCO1)c1nc2ccccc2s1. The summed E-state index contributed by atoms with van der Waals surface area (Å²) in [6.07, 6.45) is 1.34. The Kier molecular flexibility index (Phi) is 3.75. The van der Waals surface area contributed by atoms with Gasteiger partial charge in [0.15, 0.2) is 0 Å². The largest absolute Gasteiger partial charge is 0.368 e. The first kappa shape index (κ1) is 13.2. The summed E-state index contributed by atoms with van der Waals surface area (Å²) in [5.41, 5.74) is 4.22. The average Bonchev–Trinajstić information content (AvgIpc) is 3.12. The number of ether oxygens (including phenoxy) is 1. The number of amides is 1. The standard InChI is InChI=1S/C14H15N3O2S/c1-9(16-17-13(18)11-6-4-8-19-11)14-15-10-5-2-3-7-12(10)20-14/h2-3,5,7,11H,4,6,8H2,1H3,(H,17,18)/b16-9+. The van der Waals surface area contributed by atoms with Crippen LogP contribution >= 0.6 is 11.3 Å². The molecule has 1 aliphatic heterocycles. The number of nitrogens with zero attached hydrogens (tertiary/aromatic N) is 2. The highest BCUT2D eigenvalue weighted by Crippen LogP contribution is 2.21. The van der Waals surface area contributed by atoms with Gasteiger partial charge in [-0.2, -0.15) is 5.10 Å². The maximum absolute atomic E-state index is 11.8. The van der Waals surface area contributed by atoms with Crippen LogP contribution in [-0.2, 0) is 9.53 Å². The van der Waals surface area contributed by atoms with Crippen molar-refractivity contribution < 1.29 is 9.53 Å². The van der Waals surface area contributed by atoms with E-state index in [1.165, 1.54) is 0 Å². The molecule has 5 nitrogen and oxygen atoms in total. The summed E-state index contributed by atoms with van der Waals surface area (Å²) in [6, 6.07) is 7.93. The van der Waals surface area contributed by atoms with Crippen LogP contribution in [0.3, 0.4) is 0 Å². The minimum atomic E-state index is -0.359. The van der Waals surface area contributed by atoms with Gasteiger partial charge < -0.3 is 4.74 Å². The molecular formula is C14H15N3O2S. The number of para-hydroxylation sites is 1. The Balaban J connectivity index is 1.72. The maximum atomic E-state index is 11.8. The minimum absolute atomic E-state index is 0.178. The molecule has 1 aromatic carbocycles. The van der Waals surface area contributed by atoms with Crippen LogP contribution in [-0.4, -0.2) is 29.3 Å². The molecule has 104 valence electrons. The third-order valence-electron chi connectivity index (χ3n) is 3.16. The lowest BCUT2D eigenvalue weighted by Gasteiger charge is -2.06. The number of carbonyl (C=O) groups excluding carboxylic acids is 1. The van der Waals surface area contributed by atoms with Gasteiger partial charge in [0, 0.05) is 6.61 Å². The van der Waals surface area contributed by atoms with E-state index in [1.54, 1.807) is 11.3 Å². The van der Waals surface area contributed by atoms with Gasteiger partial charge in [-0.15, -0.1) is 11.3 Å². The summed E-state index contributed by atoms with van der Waals surface area (Å²) in [5.74, 6) is -0.178. The van der Waals surface area contributed by atoms with Gasteiger partial charge in [-0.1, -0.05) is 12.1 Å². The van der Waals surface area contributed by atoms with Crippen molar-refractivity contribution >= 4 is 33.2 Å². The number of thiazole rings is 1. The van der Waals surface area contributed by atoms with Crippen LogP contribution in [0.15, 0.2) is 29.4 Å². The Morgan fingerprint density at radius 3 is 3.10 bits per heavy atom. The minimum Gasteiger partial charge on any atom is -0.368 e. The zero-order valence-electron chi connectivity index (χ0n) is 11.1. The van der Waals surface area contributed by atoms with Crippen LogP contribution in [0, 0.1) is 0 Å². The lowest BCUT2D eigenvalue weighted by Crippen LogP contribution is -2.31. The number of nitrogens with one attached hydrogen (secondary N) is 1. The zero-order chi connectivity index (χ0) is 13.9. The van der Waals surface area contributed by atoms with E-state index < -0.39 is 0 Å². The molecule has 1 unspecified atom stereocenters. The van der Waals surface area contributed by atoms with Crippen molar-refractivity contribution in [2.45, 2.75) is 25.9 Å². The van der Waals surface area contributed by atoms with E-state index in [2.05, 4.69) is 15.5 Å². The molecule has 0 spiro atoms. The third kappa shape index (κ3) is 2.71. The van der Waals surface area contributed by atoms with Gasteiger partial charge in [-0.3, -0.25) is 4.79 Å². The van der Waals surface area contributed by atoms with Crippen LogP contribution in [0.4, 0.5) is 0 Å². The lowest BCUT2D eigenvalue weighted by molar-refractivity contribution is -0.130. The fraction of sp³-hybridized carbons (Fsp3) is 0.357. The van der Waals surface area contributed by atoms with Gasteiger partial charge >= 0.3 is 0 Å². The lowest BCUT2D eigenvalue weighted by atomic mass is 10.2. The highest BCUT2D eigenvalue weighted by Gasteiger charge is 2.23. The smallest absolute Gasteiger partial charge is 0.269 e. The fourth-order valence-corrected chi connectivity index (χ4v) is 2.98. The summed E-state index contributed by atoms with van der Waals surface area (Å²) in [6.45, 7) is 2.49. The number of benzene rings is 1. The number of hydrazone groups is 1. The molecule has 1 amide bonds.